The minimum absolute atomic E-state index is 0.0389. The van der Waals surface area contributed by atoms with Gasteiger partial charge in [0.05, 0.1) is 4.90 Å². The predicted octanol–water partition coefficient (Wildman–Crippen LogP) is 1.99. The third kappa shape index (κ3) is 5.09. The van der Waals surface area contributed by atoms with Crippen LogP contribution < -0.4 is 11.3 Å². The highest BCUT2D eigenvalue weighted by molar-refractivity contribution is 7.86. The molecule has 33 heavy (non-hydrogen) atoms. The molecule has 14 nitrogen and oxygen atoms in total. The number of rotatable bonds is 6. The number of nitrogen functional groups attached to an aromatic ring is 1. The smallest absolute Gasteiger partial charge is 0.296 e. The molecule has 0 spiro atoms. The summed E-state index contributed by atoms with van der Waals surface area (Å²) in [5, 5.41) is 17.6. The lowest BCUT2D eigenvalue weighted by Gasteiger charge is -2.10. The van der Waals surface area contributed by atoms with Crippen LogP contribution in [0.2, 0.25) is 0 Å². The van der Waals surface area contributed by atoms with E-state index in [0.29, 0.717) is 23.9 Å². The molecule has 0 bridgehead atoms. The first kappa shape index (κ1) is 24.5. The van der Waals surface area contributed by atoms with Crippen LogP contribution in [0.4, 0.5) is 17.1 Å². The third-order valence-corrected chi connectivity index (χ3v) is 6.88. The van der Waals surface area contributed by atoms with E-state index < -0.39 is 62.2 Å². The first-order chi connectivity index (χ1) is 15.1. The molecule has 0 heterocycles. The molecule has 0 radical (unpaired) electrons. The maximum Gasteiger partial charge on any atom is 0.296 e. The average molecular weight is 519 g/mol. The van der Waals surface area contributed by atoms with Crippen LogP contribution in [0.25, 0.3) is 10.8 Å². The van der Waals surface area contributed by atoms with Gasteiger partial charge in [-0.3, -0.25) is 19.5 Å². The number of hydrogen-bond donors (Lipinski definition) is 6. The molecule has 0 unspecified atom stereocenters. The van der Waals surface area contributed by atoms with E-state index in [2.05, 4.69) is 15.7 Å². The van der Waals surface area contributed by atoms with Crippen molar-refractivity contribution in [1.29, 1.82) is 0 Å². The Morgan fingerprint density at radius 2 is 1.39 bits per heavy atom. The highest BCUT2D eigenvalue weighted by Gasteiger charge is 2.24. The molecule has 3 rings (SSSR count). The van der Waals surface area contributed by atoms with Crippen molar-refractivity contribution in [3.63, 3.8) is 0 Å². The predicted molar refractivity (Wildman–Crippen MR) is 113 cm³/mol. The summed E-state index contributed by atoms with van der Waals surface area (Å²) in [5.41, 5.74) is 0.996. The van der Waals surface area contributed by atoms with E-state index in [9.17, 15) is 44.0 Å². The van der Waals surface area contributed by atoms with Crippen LogP contribution in [0.5, 0.6) is 5.75 Å². The number of hydrazine groups is 1. The summed E-state index contributed by atoms with van der Waals surface area (Å²) < 4.78 is 97.8. The minimum Gasteiger partial charge on any atom is -0.505 e. The van der Waals surface area contributed by atoms with E-state index in [4.69, 9.17) is 5.84 Å². The number of phenols is 1. The zero-order valence-corrected chi connectivity index (χ0v) is 18.4. The molecule has 176 valence electrons. The molecule has 0 aliphatic heterocycles. The van der Waals surface area contributed by atoms with Crippen molar-refractivity contribution in [1.82, 2.24) is 0 Å². The largest absolute Gasteiger partial charge is 0.505 e. The van der Waals surface area contributed by atoms with E-state index in [-0.39, 0.29) is 10.8 Å². The van der Waals surface area contributed by atoms with Crippen LogP contribution in [-0.4, -0.2) is 44.0 Å². The second kappa shape index (κ2) is 8.30. The summed E-state index contributed by atoms with van der Waals surface area (Å²) in [6.45, 7) is 0. The van der Waals surface area contributed by atoms with Crippen LogP contribution in [-0.2, 0) is 30.4 Å². The number of fused-ring (bicyclic) bond motifs is 1. The molecule has 0 aromatic heterocycles. The van der Waals surface area contributed by atoms with Gasteiger partial charge in [0.1, 0.15) is 21.2 Å². The molecule has 0 fully saturated rings. The summed E-state index contributed by atoms with van der Waals surface area (Å²) in [6.07, 6.45) is 0. The van der Waals surface area contributed by atoms with Gasteiger partial charge in [-0.15, -0.1) is 10.2 Å². The number of nitrogens with one attached hydrogen (secondary N) is 1. The van der Waals surface area contributed by atoms with Crippen LogP contribution in [0.3, 0.4) is 0 Å². The fourth-order valence-corrected chi connectivity index (χ4v) is 4.55. The van der Waals surface area contributed by atoms with Gasteiger partial charge in [-0.1, -0.05) is 0 Å². The van der Waals surface area contributed by atoms with Gasteiger partial charge < -0.3 is 10.5 Å². The molecule has 0 amide bonds. The molecule has 0 saturated heterocycles. The Balaban J connectivity index is 2.33. The first-order valence-corrected chi connectivity index (χ1v) is 12.7. The van der Waals surface area contributed by atoms with Gasteiger partial charge in [0.2, 0.25) is 0 Å². The van der Waals surface area contributed by atoms with Gasteiger partial charge in [-0.05, 0) is 47.9 Å². The van der Waals surface area contributed by atoms with Gasteiger partial charge in [-0.25, -0.2) is 0 Å². The Labute approximate surface area is 186 Å². The van der Waals surface area contributed by atoms with Crippen molar-refractivity contribution in [3.05, 3.63) is 42.5 Å². The number of phenolic OH excluding ortho intramolecular Hbond substituents is 1. The number of azo groups is 1. The molecule has 7 N–H and O–H groups in total. The number of hydrogen-bond acceptors (Lipinski definition) is 11. The van der Waals surface area contributed by atoms with Crippen LogP contribution in [0.1, 0.15) is 0 Å². The third-order valence-electron chi connectivity index (χ3n) is 4.26. The zero-order chi connectivity index (χ0) is 24.8. The molecule has 0 aliphatic carbocycles. The van der Waals surface area contributed by atoms with E-state index in [1.54, 1.807) is 0 Å². The molecule has 3 aromatic carbocycles. The van der Waals surface area contributed by atoms with Crippen molar-refractivity contribution < 1.29 is 44.0 Å². The molecule has 0 atom stereocenters. The van der Waals surface area contributed by atoms with Gasteiger partial charge in [0, 0.05) is 11.1 Å². The topological polar surface area (TPSA) is 246 Å². The molecule has 0 saturated carbocycles. The van der Waals surface area contributed by atoms with E-state index >= 15 is 0 Å². The number of aromatic hydroxyl groups is 1. The lowest BCUT2D eigenvalue weighted by atomic mass is 10.1. The van der Waals surface area contributed by atoms with Crippen molar-refractivity contribution in [2.45, 2.75) is 14.7 Å². The van der Waals surface area contributed by atoms with Crippen molar-refractivity contribution >= 4 is 58.2 Å². The highest BCUT2D eigenvalue weighted by atomic mass is 32.2. The number of nitrogens with two attached hydrogens (primary N) is 1. The first-order valence-electron chi connectivity index (χ1n) is 8.37. The van der Waals surface area contributed by atoms with Gasteiger partial charge >= 0.3 is 0 Å². The highest BCUT2D eigenvalue weighted by Crippen LogP contribution is 2.42. The number of nitrogens with zero attached hydrogens (tertiary/aromatic N) is 2. The SMILES string of the molecule is NNc1ccc2c(O)c(N=Nc3cc(S(=O)(=O)O)ccc3S(=O)(=O)O)c(S(=O)(=O)O)cc2c1. The fourth-order valence-electron chi connectivity index (χ4n) is 2.79. The summed E-state index contributed by atoms with van der Waals surface area (Å²) in [7, 11) is -14.8. The van der Waals surface area contributed by atoms with Crippen LogP contribution in [0.15, 0.2) is 67.4 Å². The monoisotopic (exact) mass is 518 g/mol. The lowest BCUT2D eigenvalue weighted by Crippen LogP contribution is -2.06. The zero-order valence-electron chi connectivity index (χ0n) is 16.0. The van der Waals surface area contributed by atoms with Gasteiger partial charge in [-0.2, -0.15) is 25.3 Å². The Morgan fingerprint density at radius 3 is 1.94 bits per heavy atom. The van der Waals surface area contributed by atoms with E-state index in [1.165, 1.54) is 18.2 Å². The summed E-state index contributed by atoms with van der Waals surface area (Å²) >= 11 is 0. The standard InChI is InChI=1S/C16H14N4O10S3/c17-18-9-1-3-11-8(5-9)6-14(33(28,29)30)15(16(11)21)20-19-12-7-10(31(22,23)24)2-4-13(12)32(25,26)27/h1-7,18,21H,17H2,(H,22,23,24)(H,25,26,27)(H,28,29,30). The van der Waals surface area contributed by atoms with Crippen LogP contribution in [0, 0.1) is 0 Å². The number of anilines is 1. The second-order valence-electron chi connectivity index (χ2n) is 6.41. The Bertz CT molecular complexity index is 1630. The molecular formula is C16H14N4O10S3. The minimum atomic E-state index is -5.01. The molecule has 0 aliphatic rings. The molecule has 17 heteroatoms. The van der Waals surface area contributed by atoms with E-state index in [0.717, 1.165) is 6.07 Å². The maximum absolute atomic E-state index is 11.9. The Morgan fingerprint density at radius 1 is 0.758 bits per heavy atom. The average Bonchev–Trinajstić information content (AvgIpc) is 2.70. The summed E-state index contributed by atoms with van der Waals surface area (Å²) in [4.78, 5) is -2.68. The fraction of sp³-hybridized carbons (Fsp3) is 0. The Hall–Kier alpha value is -3.19. The summed E-state index contributed by atoms with van der Waals surface area (Å²) in [5.74, 6) is 4.51. The maximum atomic E-state index is 11.9. The van der Waals surface area contributed by atoms with Gasteiger partial charge in [0.25, 0.3) is 30.4 Å². The summed E-state index contributed by atoms with van der Waals surface area (Å²) in [6, 6.07) is 6.83. The normalized spacial score (nSPS) is 13.0. The number of benzene rings is 3. The molecule has 3 aromatic rings. The lowest BCUT2D eigenvalue weighted by molar-refractivity contribution is 0.472. The van der Waals surface area contributed by atoms with E-state index in [1.807, 2.05) is 0 Å². The van der Waals surface area contributed by atoms with Crippen LogP contribution >= 0.6 is 0 Å². The quantitative estimate of drug-likeness (QED) is 0.119. The van der Waals surface area contributed by atoms with Crippen molar-refractivity contribution in [2.75, 3.05) is 5.43 Å². The van der Waals surface area contributed by atoms with Gasteiger partial charge in [0.15, 0.2) is 5.75 Å². The Kier molecular flexibility index (Phi) is 6.15. The second-order valence-corrected chi connectivity index (χ2v) is 10.6. The van der Waals surface area contributed by atoms with Crippen molar-refractivity contribution in [2.24, 2.45) is 16.1 Å². The van der Waals surface area contributed by atoms with Crippen molar-refractivity contribution in [3.8, 4) is 5.75 Å². The molecular weight excluding hydrogens is 504 g/mol.